The molecule has 0 bridgehead atoms. The average Bonchev–Trinajstić information content (AvgIpc) is 2.55. The minimum absolute atomic E-state index is 0.772. The third-order valence-corrected chi connectivity index (χ3v) is 3.46. The molecule has 1 N–H and O–H groups in total. The molecule has 0 aliphatic rings. The number of nitrogens with zero attached hydrogens (tertiary/aromatic N) is 2. The summed E-state index contributed by atoms with van der Waals surface area (Å²) in [5.74, 6) is 1.70. The zero-order chi connectivity index (χ0) is 14.5. The van der Waals surface area contributed by atoms with Crippen LogP contribution in [0.4, 0.5) is 5.82 Å². The van der Waals surface area contributed by atoms with Gasteiger partial charge in [0.15, 0.2) is 5.82 Å². The van der Waals surface area contributed by atoms with Crippen LogP contribution in [0.2, 0.25) is 0 Å². The minimum Gasteiger partial charge on any atom is -0.369 e. The summed E-state index contributed by atoms with van der Waals surface area (Å²) >= 11 is 0. The first kappa shape index (κ1) is 13.6. The molecule has 0 spiro atoms. The van der Waals surface area contributed by atoms with Gasteiger partial charge in [-0.15, -0.1) is 0 Å². The SMILES string of the molecule is CCCCNc1nc(-c2ccccc2)nc2ccccc12. The molecule has 0 radical (unpaired) electrons. The summed E-state index contributed by atoms with van der Waals surface area (Å²) in [5, 5.41) is 4.52. The molecule has 3 aromatic rings. The lowest BCUT2D eigenvalue weighted by Crippen LogP contribution is -2.05. The van der Waals surface area contributed by atoms with E-state index in [1.165, 1.54) is 6.42 Å². The summed E-state index contributed by atoms with van der Waals surface area (Å²) in [5.41, 5.74) is 2.02. The van der Waals surface area contributed by atoms with Crippen LogP contribution in [0.3, 0.4) is 0 Å². The number of nitrogens with one attached hydrogen (secondary N) is 1. The predicted octanol–water partition coefficient (Wildman–Crippen LogP) is 4.51. The Labute approximate surface area is 125 Å². The van der Waals surface area contributed by atoms with Crippen molar-refractivity contribution in [2.24, 2.45) is 0 Å². The van der Waals surface area contributed by atoms with Gasteiger partial charge in [-0.3, -0.25) is 0 Å². The van der Waals surface area contributed by atoms with Crippen LogP contribution >= 0.6 is 0 Å². The summed E-state index contributed by atoms with van der Waals surface area (Å²) < 4.78 is 0. The second-order valence-corrected chi connectivity index (χ2v) is 5.06. The molecule has 1 aromatic heterocycles. The molecule has 0 aliphatic heterocycles. The third-order valence-electron chi connectivity index (χ3n) is 3.46. The number of unbranched alkanes of at least 4 members (excludes halogenated alkanes) is 1. The molecule has 3 rings (SSSR count). The Morgan fingerprint density at radius 3 is 2.48 bits per heavy atom. The van der Waals surface area contributed by atoms with Crippen molar-refractivity contribution in [3.05, 3.63) is 54.6 Å². The van der Waals surface area contributed by atoms with E-state index in [2.05, 4.69) is 23.3 Å². The first-order chi connectivity index (χ1) is 10.4. The molecule has 3 nitrogen and oxygen atoms in total. The highest BCUT2D eigenvalue weighted by Gasteiger charge is 2.08. The number of fused-ring (bicyclic) bond motifs is 1. The van der Waals surface area contributed by atoms with Gasteiger partial charge < -0.3 is 5.32 Å². The number of anilines is 1. The highest BCUT2D eigenvalue weighted by atomic mass is 15.0. The topological polar surface area (TPSA) is 37.8 Å². The van der Waals surface area contributed by atoms with Crippen molar-refractivity contribution in [1.82, 2.24) is 9.97 Å². The Morgan fingerprint density at radius 2 is 1.67 bits per heavy atom. The standard InChI is InChI=1S/C18H19N3/c1-2-3-13-19-18-15-11-7-8-12-16(15)20-17(21-18)14-9-5-4-6-10-14/h4-12H,2-3,13H2,1H3,(H,19,20,21). The van der Waals surface area contributed by atoms with Gasteiger partial charge in [0.2, 0.25) is 0 Å². The molecule has 0 amide bonds. The van der Waals surface area contributed by atoms with Gasteiger partial charge in [0.05, 0.1) is 5.52 Å². The summed E-state index contributed by atoms with van der Waals surface area (Å²) in [7, 11) is 0. The van der Waals surface area contributed by atoms with Crippen LogP contribution in [0.1, 0.15) is 19.8 Å². The van der Waals surface area contributed by atoms with E-state index in [9.17, 15) is 0 Å². The monoisotopic (exact) mass is 277 g/mol. The summed E-state index contributed by atoms with van der Waals surface area (Å²) in [6.07, 6.45) is 2.31. The van der Waals surface area contributed by atoms with Crippen molar-refractivity contribution in [3.8, 4) is 11.4 Å². The van der Waals surface area contributed by atoms with Crippen LogP contribution in [0.5, 0.6) is 0 Å². The number of para-hydroxylation sites is 1. The van der Waals surface area contributed by atoms with E-state index >= 15 is 0 Å². The first-order valence-electron chi connectivity index (χ1n) is 7.44. The lowest BCUT2D eigenvalue weighted by Gasteiger charge is -2.10. The summed E-state index contributed by atoms with van der Waals surface area (Å²) in [6, 6.07) is 18.3. The Hall–Kier alpha value is -2.42. The fourth-order valence-electron chi connectivity index (χ4n) is 2.31. The van der Waals surface area contributed by atoms with E-state index in [0.717, 1.165) is 41.1 Å². The predicted molar refractivity (Wildman–Crippen MR) is 88.4 cm³/mol. The molecule has 1 heterocycles. The highest BCUT2D eigenvalue weighted by Crippen LogP contribution is 2.24. The van der Waals surface area contributed by atoms with E-state index in [-0.39, 0.29) is 0 Å². The number of rotatable bonds is 5. The lowest BCUT2D eigenvalue weighted by molar-refractivity contribution is 0.832. The zero-order valence-electron chi connectivity index (χ0n) is 12.2. The third kappa shape index (κ3) is 3.02. The van der Waals surface area contributed by atoms with Crippen LogP contribution < -0.4 is 5.32 Å². The Morgan fingerprint density at radius 1 is 0.905 bits per heavy atom. The molecule has 0 fully saturated rings. The van der Waals surface area contributed by atoms with Crippen molar-refractivity contribution < 1.29 is 0 Å². The van der Waals surface area contributed by atoms with Crippen LogP contribution in [-0.2, 0) is 0 Å². The highest BCUT2D eigenvalue weighted by molar-refractivity contribution is 5.90. The van der Waals surface area contributed by atoms with E-state index in [1.54, 1.807) is 0 Å². The van der Waals surface area contributed by atoms with Gasteiger partial charge in [0, 0.05) is 17.5 Å². The minimum atomic E-state index is 0.772. The van der Waals surface area contributed by atoms with E-state index in [4.69, 9.17) is 4.98 Å². The Balaban J connectivity index is 2.06. The molecule has 0 unspecified atom stereocenters. The molecule has 0 aliphatic carbocycles. The quantitative estimate of drug-likeness (QED) is 0.697. The van der Waals surface area contributed by atoms with Crippen molar-refractivity contribution in [1.29, 1.82) is 0 Å². The number of benzene rings is 2. The van der Waals surface area contributed by atoms with Crippen molar-refractivity contribution >= 4 is 16.7 Å². The normalized spacial score (nSPS) is 10.7. The van der Waals surface area contributed by atoms with Crippen LogP contribution in [0.15, 0.2) is 54.6 Å². The molecular weight excluding hydrogens is 258 g/mol. The molecular formula is C18H19N3. The van der Waals surface area contributed by atoms with Crippen LogP contribution in [-0.4, -0.2) is 16.5 Å². The largest absolute Gasteiger partial charge is 0.369 e. The van der Waals surface area contributed by atoms with Gasteiger partial charge in [0.25, 0.3) is 0 Å². The van der Waals surface area contributed by atoms with E-state index in [0.29, 0.717) is 0 Å². The zero-order valence-corrected chi connectivity index (χ0v) is 12.2. The van der Waals surface area contributed by atoms with Gasteiger partial charge >= 0.3 is 0 Å². The lowest BCUT2D eigenvalue weighted by atomic mass is 10.2. The molecule has 0 saturated heterocycles. The Bertz CT molecular complexity index is 723. The summed E-state index contributed by atoms with van der Waals surface area (Å²) in [6.45, 7) is 3.13. The van der Waals surface area contributed by atoms with Crippen LogP contribution in [0, 0.1) is 0 Å². The smallest absolute Gasteiger partial charge is 0.162 e. The van der Waals surface area contributed by atoms with Gasteiger partial charge in [-0.2, -0.15) is 0 Å². The molecule has 106 valence electrons. The maximum atomic E-state index is 4.72. The van der Waals surface area contributed by atoms with Crippen molar-refractivity contribution in [2.75, 3.05) is 11.9 Å². The van der Waals surface area contributed by atoms with Gasteiger partial charge in [-0.05, 0) is 18.6 Å². The molecule has 2 aromatic carbocycles. The van der Waals surface area contributed by atoms with Crippen LogP contribution in [0.25, 0.3) is 22.3 Å². The number of hydrogen-bond donors (Lipinski definition) is 1. The number of aromatic nitrogens is 2. The van der Waals surface area contributed by atoms with E-state index in [1.807, 2.05) is 48.5 Å². The maximum Gasteiger partial charge on any atom is 0.162 e. The van der Waals surface area contributed by atoms with Crippen molar-refractivity contribution in [3.63, 3.8) is 0 Å². The maximum absolute atomic E-state index is 4.72. The van der Waals surface area contributed by atoms with Crippen molar-refractivity contribution in [2.45, 2.75) is 19.8 Å². The van der Waals surface area contributed by atoms with Gasteiger partial charge in [0.1, 0.15) is 5.82 Å². The number of hydrogen-bond acceptors (Lipinski definition) is 3. The molecule has 21 heavy (non-hydrogen) atoms. The fourth-order valence-corrected chi connectivity index (χ4v) is 2.31. The molecule has 0 atom stereocenters. The fraction of sp³-hybridized carbons (Fsp3) is 0.222. The second kappa shape index (κ2) is 6.35. The molecule has 0 saturated carbocycles. The van der Waals surface area contributed by atoms with Gasteiger partial charge in [-0.1, -0.05) is 55.8 Å². The first-order valence-corrected chi connectivity index (χ1v) is 7.44. The second-order valence-electron chi connectivity index (χ2n) is 5.06. The van der Waals surface area contributed by atoms with Gasteiger partial charge in [-0.25, -0.2) is 9.97 Å². The van der Waals surface area contributed by atoms with E-state index < -0.39 is 0 Å². The summed E-state index contributed by atoms with van der Waals surface area (Å²) in [4.78, 5) is 9.40. The molecule has 3 heteroatoms. The average molecular weight is 277 g/mol. The Kier molecular flexibility index (Phi) is 4.10.